The molecule has 0 spiro atoms. The maximum Gasteiger partial charge on any atom is 0.214 e. The summed E-state index contributed by atoms with van der Waals surface area (Å²) in [5.41, 5.74) is 0.405. The van der Waals surface area contributed by atoms with Crippen molar-refractivity contribution in [2.45, 2.75) is 5.75 Å². The van der Waals surface area contributed by atoms with Crippen LogP contribution in [0.4, 0.5) is 0 Å². The molecule has 60 valence electrons. The van der Waals surface area contributed by atoms with Gasteiger partial charge in [0.05, 0.1) is 5.69 Å². The third-order valence-electron chi connectivity index (χ3n) is 0.992. The van der Waals surface area contributed by atoms with Crippen molar-refractivity contribution < 1.29 is 8.42 Å². The summed E-state index contributed by atoms with van der Waals surface area (Å²) in [4.78, 5) is 7.32. The minimum absolute atomic E-state index is 0.241. The first-order valence-electron chi connectivity index (χ1n) is 2.83. The Kier molecular flexibility index (Phi) is 2.16. The van der Waals surface area contributed by atoms with Crippen molar-refractivity contribution in [1.82, 2.24) is 9.97 Å². The summed E-state index contributed by atoms with van der Waals surface area (Å²) < 4.78 is 21.0. The van der Waals surface area contributed by atoms with Crippen molar-refractivity contribution in [1.29, 1.82) is 0 Å². The fraction of sp³-hybridized carbons (Fsp3) is 0.200. The summed E-state index contributed by atoms with van der Waals surface area (Å²) in [7, 11) is -3.47. The molecule has 0 amide bonds. The van der Waals surface area contributed by atoms with Crippen molar-refractivity contribution in [3.8, 4) is 0 Å². The Balaban J connectivity index is 2.82. The van der Waals surface area contributed by atoms with E-state index in [1.165, 1.54) is 18.6 Å². The number of sulfonamides is 1. The van der Waals surface area contributed by atoms with Gasteiger partial charge in [0.1, 0.15) is 12.1 Å². The van der Waals surface area contributed by atoms with E-state index in [4.69, 9.17) is 5.14 Å². The first-order valence-corrected chi connectivity index (χ1v) is 4.55. The van der Waals surface area contributed by atoms with Gasteiger partial charge in [-0.1, -0.05) is 0 Å². The molecular formula is C5H7N3O2S. The molecule has 1 heterocycles. The standard InChI is InChI=1S/C5H7N3O2S/c6-11(9,10)3-5-1-2-7-4-8-5/h1-2,4H,3H2,(H2,6,9,10). The van der Waals surface area contributed by atoms with E-state index in [1.54, 1.807) is 0 Å². The van der Waals surface area contributed by atoms with Gasteiger partial charge in [0.15, 0.2) is 0 Å². The number of nitrogens with zero attached hydrogens (tertiary/aromatic N) is 2. The fourth-order valence-electron chi connectivity index (χ4n) is 0.610. The van der Waals surface area contributed by atoms with Gasteiger partial charge in [-0.25, -0.2) is 23.5 Å². The molecule has 0 aliphatic rings. The van der Waals surface area contributed by atoms with Crippen molar-refractivity contribution in [2.24, 2.45) is 5.14 Å². The molecule has 0 aliphatic heterocycles. The van der Waals surface area contributed by atoms with Crippen LogP contribution in [-0.2, 0) is 15.8 Å². The van der Waals surface area contributed by atoms with Gasteiger partial charge in [-0.15, -0.1) is 0 Å². The van der Waals surface area contributed by atoms with Gasteiger partial charge in [0.2, 0.25) is 10.0 Å². The van der Waals surface area contributed by atoms with Crippen LogP contribution in [0.1, 0.15) is 5.69 Å². The number of hydrogen-bond acceptors (Lipinski definition) is 4. The highest BCUT2D eigenvalue weighted by Gasteiger charge is 2.04. The van der Waals surface area contributed by atoms with Crippen LogP contribution >= 0.6 is 0 Å². The average Bonchev–Trinajstić information content (AvgIpc) is 1.85. The highest BCUT2D eigenvalue weighted by Crippen LogP contribution is 1.95. The topological polar surface area (TPSA) is 85.9 Å². The largest absolute Gasteiger partial charge is 0.245 e. The zero-order chi connectivity index (χ0) is 8.32. The highest BCUT2D eigenvalue weighted by molar-refractivity contribution is 7.88. The maximum atomic E-state index is 10.5. The monoisotopic (exact) mass is 173 g/mol. The number of nitrogens with two attached hydrogens (primary N) is 1. The summed E-state index contributed by atoms with van der Waals surface area (Å²) in [6, 6.07) is 1.50. The predicted octanol–water partition coefficient (Wildman–Crippen LogP) is -0.735. The molecule has 0 fully saturated rings. The smallest absolute Gasteiger partial charge is 0.214 e. The molecule has 0 radical (unpaired) electrons. The first-order chi connectivity index (χ1) is 5.08. The van der Waals surface area contributed by atoms with Gasteiger partial charge in [-0.2, -0.15) is 0 Å². The van der Waals surface area contributed by atoms with Crippen LogP contribution in [0.5, 0.6) is 0 Å². The van der Waals surface area contributed by atoms with Crippen LogP contribution in [-0.4, -0.2) is 18.4 Å². The second-order valence-corrected chi connectivity index (χ2v) is 3.62. The SMILES string of the molecule is NS(=O)(=O)Cc1ccncn1. The number of aromatic nitrogens is 2. The Morgan fingerprint density at radius 3 is 2.73 bits per heavy atom. The van der Waals surface area contributed by atoms with Crippen molar-refractivity contribution in [2.75, 3.05) is 0 Å². The summed E-state index contributed by atoms with van der Waals surface area (Å²) in [6.07, 6.45) is 2.74. The van der Waals surface area contributed by atoms with Crippen LogP contribution in [0.25, 0.3) is 0 Å². The molecule has 0 aliphatic carbocycles. The van der Waals surface area contributed by atoms with Crippen LogP contribution in [0, 0.1) is 0 Å². The molecule has 0 saturated heterocycles. The fourth-order valence-corrected chi connectivity index (χ4v) is 1.19. The minimum Gasteiger partial charge on any atom is -0.245 e. The van der Waals surface area contributed by atoms with Crippen molar-refractivity contribution in [3.05, 3.63) is 24.3 Å². The van der Waals surface area contributed by atoms with Gasteiger partial charge in [-0.05, 0) is 6.07 Å². The van der Waals surface area contributed by atoms with Crippen molar-refractivity contribution >= 4 is 10.0 Å². The number of hydrogen-bond donors (Lipinski definition) is 1. The highest BCUT2D eigenvalue weighted by atomic mass is 32.2. The van der Waals surface area contributed by atoms with E-state index < -0.39 is 10.0 Å². The molecule has 0 bridgehead atoms. The molecule has 11 heavy (non-hydrogen) atoms. The molecule has 0 saturated carbocycles. The van der Waals surface area contributed by atoms with Gasteiger partial charge in [0, 0.05) is 6.20 Å². The lowest BCUT2D eigenvalue weighted by Gasteiger charge is -1.94. The van der Waals surface area contributed by atoms with Crippen LogP contribution in [0.2, 0.25) is 0 Å². The predicted molar refractivity (Wildman–Crippen MR) is 38.8 cm³/mol. The Morgan fingerprint density at radius 2 is 2.27 bits per heavy atom. The average molecular weight is 173 g/mol. The molecule has 2 N–H and O–H groups in total. The molecule has 5 nitrogen and oxygen atoms in total. The molecule has 6 heteroatoms. The zero-order valence-corrected chi connectivity index (χ0v) is 6.45. The summed E-state index contributed by atoms with van der Waals surface area (Å²) in [6.45, 7) is 0. The molecule has 0 aromatic carbocycles. The van der Waals surface area contributed by atoms with E-state index in [1.807, 2.05) is 0 Å². The van der Waals surface area contributed by atoms with E-state index in [-0.39, 0.29) is 5.75 Å². The van der Waals surface area contributed by atoms with Crippen LogP contribution in [0.3, 0.4) is 0 Å². The molecule has 1 aromatic rings. The van der Waals surface area contributed by atoms with Crippen molar-refractivity contribution in [3.63, 3.8) is 0 Å². The van der Waals surface area contributed by atoms with Crippen LogP contribution < -0.4 is 5.14 Å². The lowest BCUT2D eigenvalue weighted by Crippen LogP contribution is -2.15. The Morgan fingerprint density at radius 1 is 1.55 bits per heavy atom. The summed E-state index contributed by atoms with van der Waals surface area (Å²) in [5, 5.41) is 4.78. The second kappa shape index (κ2) is 2.93. The maximum absolute atomic E-state index is 10.5. The number of primary sulfonamides is 1. The third-order valence-corrected chi connectivity index (χ3v) is 1.69. The quantitative estimate of drug-likeness (QED) is 0.638. The summed E-state index contributed by atoms with van der Waals surface area (Å²) in [5.74, 6) is -0.241. The van der Waals surface area contributed by atoms with Gasteiger partial charge < -0.3 is 0 Å². The lowest BCUT2D eigenvalue weighted by atomic mass is 10.5. The second-order valence-electron chi connectivity index (χ2n) is 2.01. The molecule has 1 rings (SSSR count). The molecule has 0 unspecified atom stereocenters. The molecule has 1 aromatic heterocycles. The van der Waals surface area contributed by atoms with E-state index in [9.17, 15) is 8.42 Å². The zero-order valence-electron chi connectivity index (χ0n) is 5.64. The van der Waals surface area contributed by atoms with Crippen LogP contribution in [0.15, 0.2) is 18.6 Å². The first kappa shape index (κ1) is 8.09. The van der Waals surface area contributed by atoms with E-state index in [0.29, 0.717) is 5.69 Å². The summed E-state index contributed by atoms with van der Waals surface area (Å²) >= 11 is 0. The minimum atomic E-state index is -3.47. The van der Waals surface area contributed by atoms with Gasteiger partial charge >= 0.3 is 0 Å². The Bertz CT molecular complexity index is 321. The molecular weight excluding hydrogens is 166 g/mol. The van der Waals surface area contributed by atoms with E-state index in [2.05, 4.69) is 9.97 Å². The Hall–Kier alpha value is -1.01. The van der Waals surface area contributed by atoms with Gasteiger partial charge in [0.25, 0.3) is 0 Å². The normalized spacial score (nSPS) is 11.4. The Labute approximate surface area is 64.3 Å². The third kappa shape index (κ3) is 3.06. The van der Waals surface area contributed by atoms with E-state index >= 15 is 0 Å². The van der Waals surface area contributed by atoms with Gasteiger partial charge in [-0.3, -0.25) is 0 Å². The van der Waals surface area contributed by atoms with E-state index in [0.717, 1.165) is 0 Å². The lowest BCUT2D eigenvalue weighted by molar-refractivity contribution is 0.596. The molecule has 0 atom stereocenters. The number of rotatable bonds is 2.